The molecule has 2 N–H and O–H groups in total. The fraction of sp³-hybridized carbons (Fsp3) is 0.250. The van der Waals surface area contributed by atoms with Gasteiger partial charge in [-0.25, -0.2) is 4.39 Å². The summed E-state index contributed by atoms with van der Waals surface area (Å²) < 4.78 is 19.4. The van der Waals surface area contributed by atoms with Gasteiger partial charge >= 0.3 is 5.97 Å². The maximum absolute atomic E-state index is 14.6. The third kappa shape index (κ3) is 5.23. The van der Waals surface area contributed by atoms with Crippen LogP contribution in [0.1, 0.15) is 24.0 Å². The predicted molar refractivity (Wildman–Crippen MR) is 122 cm³/mol. The number of halogens is 1. The van der Waals surface area contributed by atoms with E-state index < -0.39 is 29.5 Å². The number of thioether (sulfide) groups is 1. The van der Waals surface area contributed by atoms with Crippen LogP contribution in [-0.2, 0) is 25.5 Å². The second kappa shape index (κ2) is 10.8. The largest absolute Gasteiger partial charge is 0.468 e. The molecule has 1 aliphatic rings. The number of hydrogen-bond acceptors (Lipinski definition) is 6. The Labute approximate surface area is 195 Å². The van der Waals surface area contributed by atoms with E-state index in [2.05, 4.69) is 10.6 Å². The van der Waals surface area contributed by atoms with Crippen molar-refractivity contribution < 1.29 is 23.5 Å². The number of methoxy groups -OCH3 is 1. The van der Waals surface area contributed by atoms with Gasteiger partial charge in [-0.05, 0) is 29.7 Å². The van der Waals surface area contributed by atoms with Crippen LogP contribution in [0.2, 0.25) is 0 Å². The molecule has 3 rings (SSSR count). The van der Waals surface area contributed by atoms with Gasteiger partial charge in [0.2, 0.25) is 11.8 Å². The van der Waals surface area contributed by atoms with Crippen molar-refractivity contribution >= 4 is 35.2 Å². The highest BCUT2D eigenvalue weighted by molar-refractivity contribution is 8.03. The molecule has 170 valence electrons. The zero-order valence-corrected chi connectivity index (χ0v) is 18.9. The van der Waals surface area contributed by atoms with E-state index in [1.54, 1.807) is 12.1 Å². The molecule has 0 radical (unpaired) electrons. The number of esters is 1. The molecule has 2 aromatic carbocycles. The average Bonchev–Trinajstić information content (AvgIpc) is 2.82. The summed E-state index contributed by atoms with van der Waals surface area (Å²) in [7, 11) is 1.12. The normalized spacial score (nSPS) is 17.7. The third-order valence-corrected chi connectivity index (χ3v) is 6.26. The van der Waals surface area contributed by atoms with Crippen molar-refractivity contribution in [2.45, 2.75) is 19.3 Å². The molecule has 2 aromatic rings. The van der Waals surface area contributed by atoms with E-state index in [0.29, 0.717) is 5.69 Å². The van der Waals surface area contributed by atoms with Crippen LogP contribution in [0.3, 0.4) is 0 Å². The standard InChI is InChI=1S/C24H22FN3O4S/c1-3-14-8-4-7-11-18(14)27-19(29)13-33-23-16(12-26)20(15-9-5-6-10-17(15)25)21(22(30)28-23)24(31)32-2/h4-11,20-21H,3,13H2,1-2H3,(H,27,29)(H,28,30). The maximum atomic E-state index is 14.6. The molecule has 9 heteroatoms. The van der Waals surface area contributed by atoms with Gasteiger partial charge in [-0.2, -0.15) is 5.26 Å². The lowest BCUT2D eigenvalue weighted by Crippen LogP contribution is -2.44. The van der Waals surface area contributed by atoms with Gasteiger partial charge in [0.25, 0.3) is 0 Å². The molecule has 0 fully saturated rings. The van der Waals surface area contributed by atoms with E-state index in [1.807, 2.05) is 31.2 Å². The molecule has 2 atom stereocenters. The van der Waals surface area contributed by atoms with Crippen molar-refractivity contribution in [2.24, 2.45) is 5.92 Å². The first-order chi connectivity index (χ1) is 15.9. The van der Waals surface area contributed by atoms with Gasteiger partial charge in [0.05, 0.1) is 29.5 Å². The van der Waals surface area contributed by atoms with Gasteiger partial charge in [0.1, 0.15) is 11.7 Å². The van der Waals surface area contributed by atoms with Gasteiger partial charge in [-0.1, -0.05) is 55.1 Å². The number of para-hydroxylation sites is 1. The van der Waals surface area contributed by atoms with Gasteiger partial charge in [0, 0.05) is 11.6 Å². The van der Waals surface area contributed by atoms with Crippen LogP contribution in [0.15, 0.2) is 59.1 Å². The highest BCUT2D eigenvalue weighted by atomic mass is 32.2. The summed E-state index contributed by atoms with van der Waals surface area (Å²) in [6.07, 6.45) is 0.739. The lowest BCUT2D eigenvalue weighted by molar-refractivity contribution is -0.150. The van der Waals surface area contributed by atoms with E-state index >= 15 is 0 Å². The third-order valence-electron chi connectivity index (χ3n) is 5.24. The van der Waals surface area contributed by atoms with E-state index in [0.717, 1.165) is 30.9 Å². The minimum absolute atomic E-state index is 0.0122. The smallest absolute Gasteiger partial charge is 0.319 e. The van der Waals surface area contributed by atoms with Gasteiger partial charge in [0.15, 0.2) is 0 Å². The molecule has 2 unspecified atom stereocenters. The van der Waals surface area contributed by atoms with Gasteiger partial charge in [-0.3, -0.25) is 14.4 Å². The summed E-state index contributed by atoms with van der Waals surface area (Å²) in [4.78, 5) is 37.7. The summed E-state index contributed by atoms with van der Waals surface area (Å²) in [5.74, 6) is -5.32. The second-order valence-corrected chi connectivity index (χ2v) is 8.18. The quantitative estimate of drug-likeness (QED) is 0.477. The number of aryl methyl sites for hydroxylation is 1. The van der Waals surface area contributed by atoms with Crippen molar-refractivity contribution in [3.63, 3.8) is 0 Å². The highest BCUT2D eigenvalue weighted by Crippen LogP contribution is 2.41. The van der Waals surface area contributed by atoms with Crippen LogP contribution in [0.25, 0.3) is 0 Å². The first-order valence-corrected chi connectivity index (χ1v) is 11.2. The number of allylic oxidation sites excluding steroid dienone is 1. The highest BCUT2D eigenvalue weighted by Gasteiger charge is 2.45. The molecule has 0 aromatic heterocycles. The SMILES string of the molecule is CCc1ccccc1NC(=O)CSC1=C(C#N)C(c2ccccc2F)C(C(=O)OC)C(=O)N1. The zero-order chi connectivity index (χ0) is 24.0. The molecular weight excluding hydrogens is 445 g/mol. The summed E-state index contributed by atoms with van der Waals surface area (Å²) in [5.41, 5.74) is 1.67. The fourth-order valence-electron chi connectivity index (χ4n) is 3.66. The van der Waals surface area contributed by atoms with Crippen molar-refractivity contribution in [3.8, 4) is 6.07 Å². The summed E-state index contributed by atoms with van der Waals surface area (Å²) >= 11 is 0.939. The fourth-order valence-corrected chi connectivity index (χ4v) is 4.51. The van der Waals surface area contributed by atoms with Crippen molar-refractivity contribution in [1.29, 1.82) is 5.26 Å². The average molecular weight is 468 g/mol. The Kier molecular flexibility index (Phi) is 7.85. The number of ether oxygens (including phenoxy) is 1. The Morgan fingerprint density at radius 3 is 2.58 bits per heavy atom. The van der Waals surface area contributed by atoms with Crippen molar-refractivity contribution in [2.75, 3.05) is 18.2 Å². The van der Waals surface area contributed by atoms with Crippen LogP contribution in [-0.4, -0.2) is 30.6 Å². The Morgan fingerprint density at radius 2 is 1.91 bits per heavy atom. The molecule has 33 heavy (non-hydrogen) atoms. The van der Waals surface area contributed by atoms with Gasteiger partial charge in [-0.15, -0.1) is 0 Å². The molecule has 7 nitrogen and oxygen atoms in total. The number of anilines is 1. The van der Waals surface area contributed by atoms with E-state index in [4.69, 9.17) is 4.74 Å². The molecule has 0 bridgehead atoms. The Balaban J connectivity index is 1.90. The molecule has 0 saturated carbocycles. The molecule has 0 saturated heterocycles. The molecule has 1 heterocycles. The van der Waals surface area contributed by atoms with E-state index in [1.165, 1.54) is 18.2 Å². The number of nitriles is 1. The minimum Gasteiger partial charge on any atom is -0.468 e. The number of hydrogen-bond donors (Lipinski definition) is 2. The summed E-state index contributed by atoms with van der Waals surface area (Å²) in [6.45, 7) is 1.97. The maximum Gasteiger partial charge on any atom is 0.319 e. The van der Waals surface area contributed by atoms with Crippen LogP contribution >= 0.6 is 11.8 Å². The number of nitrogens with one attached hydrogen (secondary N) is 2. The lowest BCUT2D eigenvalue weighted by atomic mass is 9.78. The monoisotopic (exact) mass is 467 g/mol. The Bertz CT molecular complexity index is 1160. The van der Waals surface area contributed by atoms with Crippen LogP contribution in [0.5, 0.6) is 0 Å². The summed E-state index contributed by atoms with van der Waals surface area (Å²) in [6, 6.07) is 15.0. The van der Waals surface area contributed by atoms with Gasteiger partial charge < -0.3 is 15.4 Å². The molecular formula is C24H22FN3O4S. The second-order valence-electron chi connectivity index (χ2n) is 7.19. The molecule has 0 spiro atoms. The predicted octanol–water partition coefficient (Wildman–Crippen LogP) is 3.50. The van der Waals surface area contributed by atoms with Crippen LogP contribution in [0.4, 0.5) is 10.1 Å². The first-order valence-electron chi connectivity index (χ1n) is 10.2. The van der Waals surface area contributed by atoms with Crippen LogP contribution in [0, 0.1) is 23.1 Å². The topological polar surface area (TPSA) is 108 Å². The lowest BCUT2D eigenvalue weighted by Gasteiger charge is -2.31. The van der Waals surface area contributed by atoms with Crippen molar-refractivity contribution in [1.82, 2.24) is 5.32 Å². The number of amides is 2. The number of benzene rings is 2. The summed E-state index contributed by atoms with van der Waals surface area (Å²) in [5, 5.41) is 15.3. The molecule has 2 amide bonds. The van der Waals surface area contributed by atoms with E-state index in [9.17, 15) is 24.0 Å². The number of nitrogens with zero attached hydrogens (tertiary/aromatic N) is 1. The minimum atomic E-state index is -1.43. The Morgan fingerprint density at radius 1 is 1.21 bits per heavy atom. The van der Waals surface area contributed by atoms with Crippen LogP contribution < -0.4 is 10.6 Å². The molecule has 0 aliphatic carbocycles. The zero-order valence-electron chi connectivity index (χ0n) is 18.1. The number of rotatable bonds is 7. The first kappa shape index (κ1) is 24.0. The number of carbonyl (C=O) groups excluding carboxylic acids is 3. The Hall–Kier alpha value is -3.64. The molecule has 1 aliphatic heterocycles. The number of carbonyl (C=O) groups is 3. The van der Waals surface area contributed by atoms with Crippen molar-refractivity contribution in [3.05, 3.63) is 76.1 Å². The van der Waals surface area contributed by atoms with E-state index in [-0.39, 0.29) is 27.8 Å².